The molecule has 0 amide bonds. The molecule has 0 saturated carbocycles. The molecule has 0 fully saturated rings. The molecule has 0 unspecified atom stereocenters. The van der Waals surface area contributed by atoms with E-state index in [2.05, 4.69) is 18.7 Å². The van der Waals surface area contributed by atoms with Crippen molar-refractivity contribution >= 4 is 39.1 Å². The highest BCUT2D eigenvalue weighted by molar-refractivity contribution is 7.98. The van der Waals surface area contributed by atoms with Gasteiger partial charge < -0.3 is 14.7 Å². The summed E-state index contributed by atoms with van der Waals surface area (Å²) >= 11 is 1.30. The second kappa shape index (κ2) is 12.3. The number of rotatable bonds is 11. The number of thioether (sulfide) groups is 1. The van der Waals surface area contributed by atoms with E-state index < -0.39 is 27.4 Å². The van der Waals surface area contributed by atoms with Crippen LogP contribution in [0.15, 0.2) is 64.3 Å². The van der Waals surface area contributed by atoms with Crippen molar-refractivity contribution < 1.29 is 27.4 Å². The summed E-state index contributed by atoms with van der Waals surface area (Å²) in [7, 11) is -2.35. The summed E-state index contributed by atoms with van der Waals surface area (Å²) in [5, 5.41) is 8.86. The average Bonchev–Trinajstić information content (AvgIpc) is 2.97. The summed E-state index contributed by atoms with van der Waals surface area (Å²) in [5.41, 5.74) is 0.728. The first-order valence-electron chi connectivity index (χ1n) is 12.4. The molecule has 1 aliphatic heterocycles. The molecular weight excluding hydrogens is 515 g/mol. The van der Waals surface area contributed by atoms with E-state index in [0.29, 0.717) is 36.2 Å². The van der Waals surface area contributed by atoms with Gasteiger partial charge in [-0.3, -0.25) is 0 Å². The topological polar surface area (TPSA) is 87.1 Å². The summed E-state index contributed by atoms with van der Waals surface area (Å²) in [6, 6.07) is 12.8. The van der Waals surface area contributed by atoms with Crippen molar-refractivity contribution in [2.75, 3.05) is 24.7 Å². The molecule has 0 spiro atoms. The lowest BCUT2D eigenvalue weighted by Crippen LogP contribution is -2.53. The number of carboxylic acid groups (broad SMARTS) is 1. The van der Waals surface area contributed by atoms with E-state index in [1.807, 2.05) is 30.3 Å². The Kier molecular flexibility index (Phi) is 9.66. The van der Waals surface area contributed by atoms with Crippen molar-refractivity contribution in [2.45, 2.75) is 67.7 Å². The largest absolute Gasteiger partial charge is 0.476 e. The first-order valence-corrected chi connectivity index (χ1v) is 15.1. The maximum atomic E-state index is 14.2. The molecule has 37 heavy (non-hydrogen) atoms. The van der Waals surface area contributed by atoms with Gasteiger partial charge in [-0.1, -0.05) is 57.7 Å². The number of anilines is 2. The number of para-hydroxylation sites is 1. The average molecular weight is 551 g/mol. The maximum absolute atomic E-state index is 14.2. The second-order valence-corrected chi connectivity index (χ2v) is 12.0. The first-order chi connectivity index (χ1) is 17.6. The maximum Gasteiger partial charge on any atom is 0.368 e. The molecule has 0 aromatic heterocycles. The van der Waals surface area contributed by atoms with E-state index in [1.165, 1.54) is 22.1 Å². The van der Waals surface area contributed by atoms with Gasteiger partial charge in [-0.15, -0.1) is 11.8 Å². The molecule has 3 rings (SSSR count). The van der Waals surface area contributed by atoms with Crippen LogP contribution in [0.3, 0.4) is 0 Å². The molecule has 2 aromatic carbocycles. The van der Waals surface area contributed by atoms with Crippen LogP contribution in [0.25, 0.3) is 0 Å². The van der Waals surface area contributed by atoms with Crippen LogP contribution in [-0.2, 0) is 14.8 Å². The van der Waals surface area contributed by atoms with Gasteiger partial charge in [0.25, 0.3) is 0 Å². The van der Waals surface area contributed by atoms with E-state index in [1.54, 1.807) is 19.4 Å². The van der Waals surface area contributed by atoms with Crippen LogP contribution in [0.4, 0.5) is 15.8 Å². The number of benzene rings is 2. The van der Waals surface area contributed by atoms with Gasteiger partial charge in [-0.25, -0.2) is 13.2 Å². The van der Waals surface area contributed by atoms with Crippen molar-refractivity contribution in [3.63, 3.8) is 0 Å². The number of sulfonamides is 1. The SMILES string of the molecule is CCCCC1(CCCC)CN(c2ccccc2)c2cc(SC)c(O/C=C(\F)C(=O)O)cc2S(=O)(=O)N1C. The third kappa shape index (κ3) is 6.13. The van der Waals surface area contributed by atoms with E-state index in [0.717, 1.165) is 31.4 Å². The number of ether oxygens (including phenoxy) is 1. The molecule has 0 radical (unpaired) electrons. The minimum absolute atomic E-state index is 0.0330. The van der Waals surface area contributed by atoms with E-state index >= 15 is 0 Å². The highest BCUT2D eigenvalue weighted by Gasteiger charge is 2.46. The van der Waals surface area contributed by atoms with Gasteiger partial charge >= 0.3 is 5.97 Å². The van der Waals surface area contributed by atoms with Gasteiger partial charge in [0.1, 0.15) is 16.9 Å². The molecule has 0 atom stereocenters. The molecule has 202 valence electrons. The lowest BCUT2D eigenvalue weighted by Gasteiger charge is -2.42. The van der Waals surface area contributed by atoms with Crippen molar-refractivity contribution in [1.29, 1.82) is 0 Å². The fourth-order valence-corrected chi connectivity index (χ4v) is 6.97. The molecule has 1 N–H and O–H groups in total. The molecule has 1 aliphatic rings. The van der Waals surface area contributed by atoms with Gasteiger partial charge in [-0.05, 0) is 37.3 Å². The van der Waals surface area contributed by atoms with E-state index in [4.69, 9.17) is 9.84 Å². The summed E-state index contributed by atoms with van der Waals surface area (Å²) in [4.78, 5) is 13.5. The highest BCUT2D eigenvalue weighted by Crippen LogP contribution is 2.47. The molecule has 0 aliphatic carbocycles. The van der Waals surface area contributed by atoms with Gasteiger partial charge in [0.05, 0.1) is 16.1 Å². The Morgan fingerprint density at radius 3 is 2.32 bits per heavy atom. The summed E-state index contributed by atoms with van der Waals surface area (Å²) < 4.78 is 49.0. The molecule has 0 bridgehead atoms. The minimum atomic E-state index is -4.00. The third-order valence-corrected chi connectivity index (χ3v) is 9.60. The summed E-state index contributed by atoms with van der Waals surface area (Å²) in [5.74, 6) is -3.17. The number of unbranched alkanes of at least 4 members (excludes halogenated alkanes) is 2. The van der Waals surface area contributed by atoms with Crippen LogP contribution >= 0.6 is 11.8 Å². The Bertz CT molecular complexity index is 1230. The molecule has 0 saturated heterocycles. The zero-order chi connectivity index (χ0) is 27.2. The van der Waals surface area contributed by atoms with Gasteiger partial charge in [0.15, 0.2) is 0 Å². The Morgan fingerprint density at radius 1 is 1.16 bits per heavy atom. The molecule has 10 heteroatoms. The van der Waals surface area contributed by atoms with Crippen molar-refractivity contribution in [3.8, 4) is 5.75 Å². The number of hydrogen-bond donors (Lipinski definition) is 1. The van der Waals surface area contributed by atoms with Gasteiger partial charge in [0.2, 0.25) is 15.9 Å². The van der Waals surface area contributed by atoms with Crippen LogP contribution in [0.1, 0.15) is 52.4 Å². The Labute approximate surface area is 223 Å². The quantitative estimate of drug-likeness (QED) is 0.192. The van der Waals surface area contributed by atoms with E-state index in [-0.39, 0.29) is 10.6 Å². The van der Waals surface area contributed by atoms with Crippen molar-refractivity contribution in [1.82, 2.24) is 4.31 Å². The van der Waals surface area contributed by atoms with Crippen molar-refractivity contribution in [3.05, 3.63) is 54.6 Å². The number of carboxylic acids is 1. The summed E-state index contributed by atoms with van der Waals surface area (Å²) in [6.45, 7) is 4.67. The van der Waals surface area contributed by atoms with Crippen LogP contribution in [-0.4, -0.2) is 49.2 Å². The van der Waals surface area contributed by atoms with Crippen LogP contribution < -0.4 is 9.64 Å². The smallest absolute Gasteiger partial charge is 0.368 e. The molecule has 2 aromatic rings. The zero-order valence-corrected chi connectivity index (χ0v) is 23.4. The third-order valence-electron chi connectivity index (χ3n) is 6.85. The van der Waals surface area contributed by atoms with Gasteiger partial charge in [-0.2, -0.15) is 8.70 Å². The van der Waals surface area contributed by atoms with Crippen LogP contribution in [0.2, 0.25) is 0 Å². The number of aliphatic carboxylic acids is 1. The first kappa shape index (κ1) is 29.0. The lowest BCUT2D eigenvalue weighted by molar-refractivity contribution is -0.134. The van der Waals surface area contributed by atoms with Crippen molar-refractivity contribution in [2.24, 2.45) is 0 Å². The fraction of sp³-hybridized carbons (Fsp3) is 0.444. The molecule has 7 nitrogen and oxygen atoms in total. The highest BCUT2D eigenvalue weighted by atomic mass is 32.2. The Hall–Kier alpha value is -2.56. The molecule has 1 heterocycles. The van der Waals surface area contributed by atoms with Gasteiger partial charge in [0, 0.05) is 25.3 Å². The summed E-state index contributed by atoms with van der Waals surface area (Å²) in [6.07, 6.45) is 7.34. The number of carbonyl (C=O) groups is 1. The Balaban J connectivity index is 2.30. The Morgan fingerprint density at radius 2 is 1.78 bits per heavy atom. The number of nitrogens with zero attached hydrogens (tertiary/aromatic N) is 2. The number of likely N-dealkylation sites (N-methyl/N-ethyl adjacent to an activating group) is 1. The number of halogens is 1. The fourth-order valence-electron chi connectivity index (χ4n) is 4.69. The number of fused-ring (bicyclic) bond motifs is 1. The van der Waals surface area contributed by atoms with Crippen LogP contribution in [0, 0.1) is 0 Å². The zero-order valence-electron chi connectivity index (χ0n) is 21.7. The predicted molar refractivity (Wildman–Crippen MR) is 146 cm³/mol. The second-order valence-electron chi connectivity index (χ2n) is 9.19. The monoisotopic (exact) mass is 550 g/mol. The van der Waals surface area contributed by atoms with E-state index in [9.17, 15) is 17.6 Å². The van der Waals surface area contributed by atoms with Crippen LogP contribution in [0.5, 0.6) is 5.75 Å². The number of hydrogen-bond acceptors (Lipinski definition) is 6. The standard InChI is InChI=1S/C27H35FN2O5S2/c1-5-7-14-27(15-8-6-2)19-30(20-12-10-9-11-13-20)22-16-24(36-4)23(35-18-21(28)26(31)32)17-25(22)37(33,34)29(27)3/h9-13,16-18H,5-8,14-15,19H2,1-4H3,(H,31,32)/b21-18-. The predicted octanol–water partition coefficient (Wildman–Crippen LogP) is 6.57. The molecular formula is C27H35FN2O5S2. The normalized spacial score (nSPS) is 17.2. The lowest BCUT2D eigenvalue weighted by atomic mass is 9.86. The minimum Gasteiger partial charge on any atom is -0.476 e.